The van der Waals surface area contributed by atoms with Gasteiger partial charge in [-0.3, -0.25) is 4.79 Å². The molecule has 86 valence electrons. The van der Waals surface area contributed by atoms with Crippen LogP contribution in [0.1, 0.15) is 33.1 Å². The van der Waals surface area contributed by atoms with Gasteiger partial charge in [-0.15, -0.1) is 0 Å². The highest BCUT2D eigenvalue weighted by molar-refractivity contribution is 5.75. The van der Waals surface area contributed by atoms with Crippen molar-refractivity contribution in [2.75, 3.05) is 0 Å². The number of rotatable bonds is 5. The van der Waals surface area contributed by atoms with E-state index in [4.69, 9.17) is 5.11 Å². The topological polar surface area (TPSA) is 78.4 Å². The molecule has 0 aliphatic heterocycles. The van der Waals surface area contributed by atoms with Crippen LogP contribution in [0.2, 0.25) is 0 Å². The van der Waals surface area contributed by atoms with E-state index < -0.39 is 5.97 Å². The SMILES string of the molecule is CC(CC(=O)O)NC(=O)NC(C)C1CC1. The lowest BCUT2D eigenvalue weighted by Gasteiger charge is -2.16. The Kier molecular flexibility index (Phi) is 3.94. The van der Waals surface area contributed by atoms with Crippen molar-refractivity contribution in [3.05, 3.63) is 0 Å². The summed E-state index contributed by atoms with van der Waals surface area (Å²) < 4.78 is 0. The molecule has 2 unspecified atom stereocenters. The minimum absolute atomic E-state index is 0.0504. The third-order valence-corrected chi connectivity index (χ3v) is 2.55. The summed E-state index contributed by atoms with van der Waals surface area (Å²) in [4.78, 5) is 21.7. The number of carbonyl (C=O) groups is 2. The number of urea groups is 1. The van der Waals surface area contributed by atoms with Gasteiger partial charge in [0.2, 0.25) is 0 Å². The van der Waals surface area contributed by atoms with Gasteiger partial charge in [0.15, 0.2) is 0 Å². The van der Waals surface area contributed by atoms with Gasteiger partial charge in [0.25, 0.3) is 0 Å². The van der Waals surface area contributed by atoms with Gasteiger partial charge in [0.1, 0.15) is 0 Å². The molecule has 5 nitrogen and oxygen atoms in total. The van der Waals surface area contributed by atoms with Crippen molar-refractivity contribution in [2.24, 2.45) is 5.92 Å². The molecular weight excluding hydrogens is 196 g/mol. The molecule has 0 radical (unpaired) electrons. The van der Waals surface area contributed by atoms with E-state index in [9.17, 15) is 9.59 Å². The molecule has 5 heteroatoms. The van der Waals surface area contributed by atoms with Gasteiger partial charge in [0, 0.05) is 12.1 Å². The number of hydrogen-bond donors (Lipinski definition) is 3. The molecule has 0 saturated heterocycles. The summed E-state index contributed by atoms with van der Waals surface area (Å²) in [5, 5.41) is 13.9. The number of aliphatic carboxylic acids is 1. The van der Waals surface area contributed by atoms with Gasteiger partial charge in [-0.2, -0.15) is 0 Å². The molecule has 0 heterocycles. The van der Waals surface area contributed by atoms with Crippen LogP contribution in [0, 0.1) is 5.92 Å². The zero-order valence-electron chi connectivity index (χ0n) is 9.12. The van der Waals surface area contributed by atoms with Crippen LogP contribution in [0.25, 0.3) is 0 Å². The predicted molar refractivity (Wildman–Crippen MR) is 55.6 cm³/mol. The Bertz CT molecular complexity index is 251. The second-order valence-electron chi connectivity index (χ2n) is 4.24. The first kappa shape index (κ1) is 11.8. The van der Waals surface area contributed by atoms with Gasteiger partial charge in [0.05, 0.1) is 6.42 Å². The van der Waals surface area contributed by atoms with Gasteiger partial charge < -0.3 is 15.7 Å². The Morgan fingerprint density at radius 1 is 1.33 bits per heavy atom. The second-order valence-corrected chi connectivity index (χ2v) is 4.24. The maximum absolute atomic E-state index is 11.4. The van der Waals surface area contributed by atoms with Crippen LogP contribution < -0.4 is 10.6 Å². The molecule has 2 atom stereocenters. The quantitative estimate of drug-likeness (QED) is 0.637. The lowest BCUT2D eigenvalue weighted by atomic mass is 10.2. The van der Waals surface area contributed by atoms with Crippen molar-refractivity contribution in [1.29, 1.82) is 0 Å². The predicted octanol–water partition coefficient (Wildman–Crippen LogP) is 0.947. The molecule has 15 heavy (non-hydrogen) atoms. The number of hydrogen-bond acceptors (Lipinski definition) is 2. The van der Waals surface area contributed by atoms with E-state index in [1.807, 2.05) is 6.92 Å². The molecular formula is C10H18N2O3. The minimum Gasteiger partial charge on any atom is -0.481 e. The third-order valence-electron chi connectivity index (χ3n) is 2.55. The van der Waals surface area contributed by atoms with Crippen molar-refractivity contribution < 1.29 is 14.7 Å². The Labute approximate surface area is 89.2 Å². The van der Waals surface area contributed by atoms with Gasteiger partial charge >= 0.3 is 12.0 Å². The highest BCUT2D eigenvalue weighted by atomic mass is 16.4. The fourth-order valence-electron chi connectivity index (χ4n) is 1.50. The van der Waals surface area contributed by atoms with Crippen molar-refractivity contribution in [1.82, 2.24) is 10.6 Å². The Hall–Kier alpha value is -1.26. The Morgan fingerprint density at radius 2 is 1.93 bits per heavy atom. The molecule has 0 spiro atoms. The number of carboxylic acid groups (broad SMARTS) is 1. The summed E-state index contributed by atoms with van der Waals surface area (Å²) in [5.41, 5.74) is 0. The molecule has 0 aromatic heterocycles. The van der Waals surface area contributed by atoms with E-state index in [-0.39, 0.29) is 24.5 Å². The van der Waals surface area contributed by atoms with Crippen LogP contribution in [0.15, 0.2) is 0 Å². The lowest BCUT2D eigenvalue weighted by molar-refractivity contribution is -0.137. The third kappa shape index (κ3) is 4.67. The Morgan fingerprint density at radius 3 is 2.40 bits per heavy atom. The first-order chi connectivity index (χ1) is 6.99. The van der Waals surface area contributed by atoms with E-state index in [1.165, 1.54) is 12.8 Å². The highest BCUT2D eigenvalue weighted by Gasteiger charge is 2.29. The zero-order valence-corrected chi connectivity index (χ0v) is 9.12. The highest BCUT2D eigenvalue weighted by Crippen LogP contribution is 2.32. The standard InChI is InChI=1S/C10H18N2O3/c1-6(5-9(13)14)11-10(15)12-7(2)8-3-4-8/h6-8H,3-5H2,1-2H3,(H,13,14)(H2,11,12,15). The maximum atomic E-state index is 11.4. The number of carbonyl (C=O) groups excluding carboxylic acids is 1. The van der Waals surface area contributed by atoms with E-state index in [0.717, 1.165) is 0 Å². The number of carboxylic acids is 1. The van der Waals surface area contributed by atoms with Crippen molar-refractivity contribution in [2.45, 2.75) is 45.2 Å². The molecule has 3 N–H and O–H groups in total. The van der Waals surface area contributed by atoms with Crippen LogP contribution in [0.3, 0.4) is 0 Å². The summed E-state index contributed by atoms with van der Waals surface area (Å²) in [6, 6.07) is -0.431. The van der Waals surface area contributed by atoms with Crippen molar-refractivity contribution >= 4 is 12.0 Å². The summed E-state index contributed by atoms with van der Waals surface area (Å²) in [6.07, 6.45) is 2.30. The molecule has 0 aromatic carbocycles. The summed E-state index contributed by atoms with van der Waals surface area (Å²) in [6.45, 7) is 3.65. The first-order valence-electron chi connectivity index (χ1n) is 5.28. The van der Waals surface area contributed by atoms with E-state index in [0.29, 0.717) is 5.92 Å². The molecule has 2 amide bonds. The first-order valence-corrected chi connectivity index (χ1v) is 5.28. The second kappa shape index (κ2) is 5.00. The summed E-state index contributed by atoms with van der Waals surface area (Å²) in [7, 11) is 0. The molecule has 1 fully saturated rings. The Balaban J connectivity index is 2.19. The molecule has 0 aromatic rings. The fourth-order valence-corrected chi connectivity index (χ4v) is 1.50. The average Bonchev–Trinajstić information content (AvgIpc) is 2.82. The van der Waals surface area contributed by atoms with E-state index in [2.05, 4.69) is 10.6 Å². The summed E-state index contributed by atoms with van der Waals surface area (Å²) >= 11 is 0. The van der Waals surface area contributed by atoms with E-state index >= 15 is 0 Å². The van der Waals surface area contributed by atoms with Gasteiger partial charge in [-0.25, -0.2) is 4.79 Å². The molecule has 1 aliphatic carbocycles. The van der Waals surface area contributed by atoms with Crippen LogP contribution in [0.5, 0.6) is 0 Å². The van der Waals surface area contributed by atoms with Gasteiger partial charge in [-0.05, 0) is 32.6 Å². The van der Waals surface area contributed by atoms with Crippen LogP contribution in [-0.2, 0) is 4.79 Å². The number of nitrogens with one attached hydrogen (secondary N) is 2. The average molecular weight is 214 g/mol. The largest absolute Gasteiger partial charge is 0.481 e. The van der Waals surface area contributed by atoms with Crippen LogP contribution in [0.4, 0.5) is 4.79 Å². The lowest BCUT2D eigenvalue weighted by Crippen LogP contribution is -2.45. The monoisotopic (exact) mass is 214 g/mol. The zero-order chi connectivity index (χ0) is 11.4. The normalized spacial score (nSPS) is 19.1. The molecule has 1 aliphatic rings. The van der Waals surface area contributed by atoms with Gasteiger partial charge in [-0.1, -0.05) is 0 Å². The molecule has 1 rings (SSSR count). The van der Waals surface area contributed by atoms with Crippen LogP contribution in [-0.4, -0.2) is 29.2 Å². The maximum Gasteiger partial charge on any atom is 0.315 e. The van der Waals surface area contributed by atoms with Crippen molar-refractivity contribution in [3.8, 4) is 0 Å². The minimum atomic E-state index is -0.905. The number of amides is 2. The fraction of sp³-hybridized carbons (Fsp3) is 0.800. The molecule has 0 bridgehead atoms. The smallest absolute Gasteiger partial charge is 0.315 e. The van der Waals surface area contributed by atoms with Crippen molar-refractivity contribution in [3.63, 3.8) is 0 Å². The molecule has 1 saturated carbocycles. The van der Waals surface area contributed by atoms with E-state index in [1.54, 1.807) is 6.92 Å². The van der Waals surface area contributed by atoms with Crippen LogP contribution >= 0.6 is 0 Å². The summed E-state index contributed by atoms with van der Waals surface area (Å²) in [5.74, 6) is -0.302.